The minimum Gasteiger partial charge on any atom is -0.345 e. The third kappa shape index (κ3) is 5.74. The Morgan fingerprint density at radius 2 is 1.71 bits per heavy atom. The molecule has 2 aromatic carbocycles. The predicted octanol–water partition coefficient (Wildman–Crippen LogP) is 0.779. The van der Waals surface area contributed by atoms with Crippen molar-refractivity contribution in [2.75, 3.05) is 32.7 Å². The molecule has 1 aliphatic heterocycles. The number of carbonyl (C=O) groups excluding carboxylic acids is 1. The van der Waals surface area contributed by atoms with Gasteiger partial charge in [-0.25, -0.2) is 8.78 Å². The largest absolute Gasteiger partial charge is 0.345 e. The van der Waals surface area contributed by atoms with Crippen LogP contribution in [0.25, 0.3) is 0 Å². The summed E-state index contributed by atoms with van der Waals surface area (Å²) in [6.45, 7) is 6.84. The fourth-order valence-corrected chi connectivity index (χ4v) is 3.78. The number of hydrogen-bond acceptors (Lipinski definition) is 1. The van der Waals surface area contributed by atoms with Crippen LogP contribution in [0.2, 0.25) is 5.02 Å². The highest BCUT2D eigenvalue weighted by Crippen LogP contribution is 2.17. The third-order valence-corrected chi connectivity index (χ3v) is 5.50. The maximum absolute atomic E-state index is 13.8. The summed E-state index contributed by atoms with van der Waals surface area (Å²) in [5, 5.41) is 3.56. The first-order valence-electron chi connectivity index (χ1n) is 9.56. The summed E-state index contributed by atoms with van der Waals surface area (Å²) >= 11 is 5.93. The monoisotopic (exact) mass is 409 g/mol. The maximum Gasteiger partial charge on any atom is 0.275 e. The van der Waals surface area contributed by atoms with Crippen molar-refractivity contribution in [1.29, 1.82) is 0 Å². The SMILES string of the molecule is C[C@@H](NC(=O)C[NH+]1CC[NH+](Cc2ccc(Cl)cc2)CC1)c1ccc(F)cc1F. The average molecular weight is 410 g/mol. The number of hydrogen-bond donors (Lipinski definition) is 3. The van der Waals surface area contributed by atoms with Crippen LogP contribution in [0.5, 0.6) is 0 Å². The Kier molecular flexibility index (Phi) is 6.99. The molecule has 0 unspecified atom stereocenters. The Morgan fingerprint density at radius 1 is 1.07 bits per heavy atom. The Hall–Kier alpha value is -2.02. The summed E-state index contributed by atoms with van der Waals surface area (Å²) in [7, 11) is 0. The predicted molar refractivity (Wildman–Crippen MR) is 104 cm³/mol. The normalized spacial score (nSPS) is 20.6. The van der Waals surface area contributed by atoms with Gasteiger partial charge in [0.2, 0.25) is 0 Å². The Bertz CT molecular complexity index is 808. The standard InChI is InChI=1S/C21H24ClF2N3O/c1-15(19-7-6-18(23)12-20(19)24)25-21(28)14-27-10-8-26(9-11-27)13-16-2-4-17(22)5-3-16/h2-7,12,15H,8-11,13-14H2,1H3,(H,25,28)/p+2/t15-/m1/s1. The van der Waals surface area contributed by atoms with Crippen LogP contribution < -0.4 is 15.1 Å². The molecule has 7 heteroatoms. The van der Waals surface area contributed by atoms with Gasteiger partial charge in [0.25, 0.3) is 5.91 Å². The summed E-state index contributed by atoms with van der Waals surface area (Å²) in [5.41, 5.74) is 1.55. The van der Waals surface area contributed by atoms with E-state index in [-0.39, 0.29) is 5.91 Å². The Labute approximate surface area is 169 Å². The van der Waals surface area contributed by atoms with Crippen molar-refractivity contribution in [1.82, 2.24) is 5.32 Å². The topological polar surface area (TPSA) is 38.0 Å². The van der Waals surface area contributed by atoms with Gasteiger partial charge in [-0.3, -0.25) is 4.79 Å². The fourth-order valence-electron chi connectivity index (χ4n) is 3.65. The molecule has 0 aliphatic carbocycles. The zero-order valence-electron chi connectivity index (χ0n) is 15.9. The summed E-state index contributed by atoms with van der Waals surface area (Å²) in [6.07, 6.45) is 0. The first kappa shape index (κ1) is 20.7. The van der Waals surface area contributed by atoms with Crippen molar-refractivity contribution in [2.45, 2.75) is 19.5 Å². The Balaban J connectivity index is 1.43. The average Bonchev–Trinajstić information content (AvgIpc) is 2.65. The molecule has 1 heterocycles. The van der Waals surface area contributed by atoms with Gasteiger partial charge in [-0.1, -0.05) is 29.8 Å². The van der Waals surface area contributed by atoms with Crippen LogP contribution in [0, 0.1) is 11.6 Å². The van der Waals surface area contributed by atoms with Gasteiger partial charge >= 0.3 is 0 Å². The quantitative estimate of drug-likeness (QED) is 0.648. The van der Waals surface area contributed by atoms with Crippen LogP contribution in [-0.2, 0) is 11.3 Å². The van der Waals surface area contributed by atoms with Crippen LogP contribution >= 0.6 is 11.6 Å². The van der Waals surface area contributed by atoms with Crippen molar-refractivity contribution < 1.29 is 23.4 Å². The summed E-state index contributed by atoms with van der Waals surface area (Å²) in [4.78, 5) is 15.0. The number of benzene rings is 2. The number of quaternary nitrogens is 2. The lowest BCUT2D eigenvalue weighted by molar-refractivity contribution is -1.02. The highest BCUT2D eigenvalue weighted by atomic mass is 35.5. The molecule has 3 rings (SSSR count). The van der Waals surface area contributed by atoms with Crippen molar-refractivity contribution in [2.24, 2.45) is 0 Å². The van der Waals surface area contributed by atoms with Gasteiger partial charge in [0, 0.05) is 22.2 Å². The van der Waals surface area contributed by atoms with E-state index >= 15 is 0 Å². The molecule has 1 aliphatic rings. The molecule has 2 aromatic rings. The molecule has 0 radical (unpaired) electrons. The van der Waals surface area contributed by atoms with E-state index in [1.54, 1.807) is 6.92 Å². The molecule has 0 bridgehead atoms. The lowest BCUT2D eigenvalue weighted by Gasteiger charge is -2.29. The van der Waals surface area contributed by atoms with Gasteiger partial charge in [0.05, 0.1) is 6.04 Å². The van der Waals surface area contributed by atoms with Crippen LogP contribution in [0.1, 0.15) is 24.1 Å². The van der Waals surface area contributed by atoms with E-state index in [0.717, 1.165) is 43.8 Å². The van der Waals surface area contributed by atoms with E-state index in [0.29, 0.717) is 12.1 Å². The van der Waals surface area contributed by atoms with Crippen molar-refractivity contribution in [3.05, 3.63) is 70.2 Å². The molecule has 1 atom stereocenters. The summed E-state index contributed by atoms with van der Waals surface area (Å²) in [6, 6.07) is 10.9. The van der Waals surface area contributed by atoms with Crippen molar-refractivity contribution in [3.8, 4) is 0 Å². The molecule has 3 N–H and O–H groups in total. The van der Waals surface area contributed by atoms with Gasteiger partial charge in [-0.2, -0.15) is 0 Å². The molecular formula is C21H26ClF2N3O+2. The van der Waals surface area contributed by atoms with E-state index in [1.165, 1.54) is 27.5 Å². The van der Waals surface area contributed by atoms with Gasteiger partial charge in [0.1, 0.15) is 44.4 Å². The van der Waals surface area contributed by atoms with E-state index in [1.807, 2.05) is 12.1 Å². The highest BCUT2D eigenvalue weighted by molar-refractivity contribution is 6.30. The van der Waals surface area contributed by atoms with Crippen LogP contribution in [0.4, 0.5) is 8.78 Å². The van der Waals surface area contributed by atoms with E-state index < -0.39 is 17.7 Å². The number of nitrogens with one attached hydrogen (secondary N) is 3. The number of carbonyl (C=O) groups is 1. The van der Waals surface area contributed by atoms with Crippen LogP contribution in [-0.4, -0.2) is 38.6 Å². The molecule has 4 nitrogen and oxygen atoms in total. The van der Waals surface area contributed by atoms with Gasteiger partial charge < -0.3 is 15.1 Å². The number of amides is 1. The van der Waals surface area contributed by atoms with E-state index in [9.17, 15) is 13.6 Å². The number of rotatable bonds is 6. The second kappa shape index (κ2) is 9.45. The zero-order chi connectivity index (χ0) is 20.1. The lowest BCUT2D eigenvalue weighted by atomic mass is 10.1. The first-order valence-corrected chi connectivity index (χ1v) is 9.94. The second-order valence-corrected chi connectivity index (χ2v) is 7.87. The summed E-state index contributed by atoms with van der Waals surface area (Å²) < 4.78 is 26.9. The number of halogens is 3. The van der Waals surface area contributed by atoms with E-state index in [2.05, 4.69) is 17.4 Å². The van der Waals surface area contributed by atoms with Gasteiger partial charge in [0.15, 0.2) is 6.54 Å². The summed E-state index contributed by atoms with van der Waals surface area (Å²) in [5.74, 6) is -1.38. The smallest absolute Gasteiger partial charge is 0.275 e. The molecule has 0 saturated carbocycles. The molecule has 150 valence electrons. The van der Waals surface area contributed by atoms with Gasteiger partial charge in [-0.15, -0.1) is 0 Å². The minimum atomic E-state index is -0.639. The molecule has 28 heavy (non-hydrogen) atoms. The first-order chi connectivity index (χ1) is 13.4. The van der Waals surface area contributed by atoms with Crippen LogP contribution in [0.15, 0.2) is 42.5 Å². The molecular weight excluding hydrogens is 384 g/mol. The van der Waals surface area contributed by atoms with Crippen LogP contribution in [0.3, 0.4) is 0 Å². The third-order valence-electron chi connectivity index (χ3n) is 5.25. The highest BCUT2D eigenvalue weighted by Gasteiger charge is 2.25. The Morgan fingerprint density at radius 3 is 2.36 bits per heavy atom. The molecule has 0 aromatic heterocycles. The fraction of sp³-hybridized carbons (Fsp3) is 0.381. The van der Waals surface area contributed by atoms with Crippen molar-refractivity contribution in [3.63, 3.8) is 0 Å². The molecule has 1 amide bonds. The van der Waals surface area contributed by atoms with E-state index in [4.69, 9.17) is 11.6 Å². The lowest BCUT2D eigenvalue weighted by Crippen LogP contribution is -3.28. The minimum absolute atomic E-state index is 0.118. The van der Waals surface area contributed by atoms with Crippen molar-refractivity contribution >= 4 is 17.5 Å². The molecule has 0 spiro atoms. The molecule has 1 fully saturated rings. The number of piperazine rings is 1. The molecule has 1 saturated heterocycles. The second-order valence-electron chi connectivity index (χ2n) is 7.44. The van der Waals surface area contributed by atoms with Gasteiger partial charge in [-0.05, 0) is 25.1 Å². The zero-order valence-corrected chi connectivity index (χ0v) is 16.7. The maximum atomic E-state index is 13.8.